The molecule has 23 heavy (non-hydrogen) atoms. The van der Waals surface area contributed by atoms with E-state index in [9.17, 15) is 9.18 Å². The molecule has 0 radical (unpaired) electrons. The van der Waals surface area contributed by atoms with E-state index >= 15 is 0 Å². The Balaban J connectivity index is 2.21. The lowest BCUT2D eigenvalue weighted by Gasteiger charge is -2.24. The number of hydrogen-bond donors (Lipinski definition) is 1. The normalized spacial score (nSPS) is 10.4. The van der Waals surface area contributed by atoms with Crippen molar-refractivity contribution in [3.8, 4) is 0 Å². The van der Waals surface area contributed by atoms with E-state index in [4.69, 9.17) is 5.11 Å². The summed E-state index contributed by atoms with van der Waals surface area (Å²) in [6, 6.07) is 14.8. The van der Waals surface area contributed by atoms with Crippen LogP contribution in [0.1, 0.15) is 12.5 Å². The maximum atomic E-state index is 14.0. The second-order valence-electron chi connectivity index (χ2n) is 5.39. The third-order valence-corrected chi connectivity index (χ3v) is 3.67. The summed E-state index contributed by atoms with van der Waals surface area (Å²) >= 11 is 0. The molecule has 0 heterocycles. The average molecular weight is 316 g/mol. The molecule has 0 aliphatic carbocycles. The predicted molar refractivity (Wildman–Crippen MR) is 90.5 cm³/mol. The third kappa shape index (κ3) is 4.45. The van der Waals surface area contributed by atoms with E-state index in [2.05, 4.69) is 11.8 Å². The topological polar surface area (TPSA) is 43.8 Å². The van der Waals surface area contributed by atoms with Crippen LogP contribution in [0.15, 0.2) is 48.5 Å². The van der Waals surface area contributed by atoms with Gasteiger partial charge in [0.25, 0.3) is 0 Å². The number of nitrogens with zero attached hydrogens (tertiary/aromatic N) is 2. The molecule has 0 bridgehead atoms. The Hall–Kier alpha value is -2.56. The Morgan fingerprint density at radius 1 is 1.17 bits per heavy atom. The molecule has 1 N–H and O–H groups in total. The van der Waals surface area contributed by atoms with Crippen molar-refractivity contribution in [3.05, 3.63) is 59.9 Å². The first-order chi connectivity index (χ1) is 11.0. The van der Waals surface area contributed by atoms with Crippen molar-refractivity contribution in [2.75, 3.05) is 29.9 Å². The van der Waals surface area contributed by atoms with Crippen molar-refractivity contribution in [2.45, 2.75) is 13.5 Å². The van der Waals surface area contributed by atoms with Gasteiger partial charge < -0.3 is 14.9 Å². The van der Waals surface area contributed by atoms with Crippen LogP contribution >= 0.6 is 0 Å². The van der Waals surface area contributed by atoms with Crippen LogP contribution in [0.5, 0.6) is 0 Å². The minimum atomic E-state index is -0.989. The summed E-state index contributed by atoms with van der Waals surface area (Å²) in [6.07, 6.45) is 0. The number of benzene rings is 2. The number of rotatable bonds is 7. The lowest BCUT2D eigenvalue weighted by molar-refractivity contribution is -0.135. The highest BCUT2D eigenvalue weighted by atomic mass is 19.1. The summed E-state index contributed by atoms with van der Waals surface area (Å²) in [6.45, 7) is 3.28. The third-order valence-electron chi connectivity index (χ3n) is 3.67. The van der Waals surface area contributed by atoms with Gasteiger partial charge in [0.1, 0.15) is 12.4 Å². The number of carboxylic acids is 1. The first kappa shape index (κ1) is 16.8. The molecule has 2 aromatic rings. The Morgan fingerprint density at radius 3 is 2.48 bits per heavy atom. The van der Waals surface area contributed by atoms with Gasteiger partial charge in [0.15, 0.2) is 0 Å². The van der Waals surface area contributed by atoms with Gasteiger partial charge in [-0.2, -0.15) is 0 Å². The van der Waals surface area contributed by atoms with E-state index in [0.717, 1.165) is 17.8 Å². The number of carbonyl (C=O) groups is 1. The molecule has 2 aromatic carbocycles. The van der Waals surface area contributed by atoms with Crippen LogP contribution in [-0.2, 0) is 11.3 Å². The van der Waals surface area contributed by atoms with Gasteiger partial charge in [-0.25, -0.2) is 4.39 Å². The maximum Gasteiger partial charge on any atom is 0.323 e. The molecule has 0 unspecified atom stereocenters. The van der Waals surface area contributed by atoms with Crippen molar-refractivity contribution in [1.82, 2.24) is 0 Å². The first-order valence-corrected chi connectivity index (χ1v) is 7.52. The van der Waals surface area contributed by atoms with Crippen molar-refractivity contribution < 1.29 is 14.3 Å². The van der Waals surface area contributed by atoms with Gasteiger partial charge in [-0.3, -0.25) is 4.79 Å². The minimum Gasteiger partial charge on any atom is -0.480 e. The maximum absolute atomic E-state index is 14.0. The highest BCUT2D eigenvalue weighted by Crippen LogP contribution is 2.22. The summed E-state index contributed by atoms with van der Waals surface area (Å²) in [5.41, 5.74) is 2.33. The molecule has 0 atom stereocenters. The fourth-order valence-electron chi connectivity index (χ4n) is 2.48. The zero-order chi connectivity index (χ0) is 16.8. The Bertz CT molecular complexity index is 661. The predicted octanol–water partition coefficient (Wildman–Crippen LogP) is 3.37. The molecular weight excluding hydrogens is 295 g/mol. The molecule has 0 saturated heterocycles. The van der Waals surface area contributed by atoms with E-state index < -0.39 is 11.8 Å². The van der Waals surface area contributed by atoms with Crippen LogP contribution in [0.4, 0.5) is 15.8 Å². The molecule has 2 rings (SSSR count). The van der Waals surface area contributed by atoms with Crippen LogP contribution in [0, 0.1) is 5.82 Å². The SMILES string of the molecule is CCN(Cc1ccc(F)c(N(C)CC(=O)O)c1)c1ccccc1. The zero-order valence-electron chi connectivity index (χ0n) is 13.4. The fourth-order valence-corrected chi connectivity index (χ4v) is 2.48. The Morgan fingerprint density at radius 2 is 1.87 bits per heavy atom. The number of carboxylic acid groups (broad SMARTS) is 1. The van der Waals surface area contributed by atoms with E-state index in [-0.39, 0.29) is 6.54 Å². The smallest absolute Gasteiger partial charge is 0.323 e. The van der Waals surface area contributed by atoms with Crippen LogP contribution in [-0.4, -0.2) is 31.2 Å². The number of aliphatic carboxylic acids is 1. The molecule has 122 valence electrons. The Kier molecular flexibility index (Phi) is 5.57. The lowest BCUT2D eigenvalue weighted by Crippen LogP contribution is -2.26. The molecule has 0 aromatic heterocycles. The number of anilines is 2. The Labute approximate surface area is 135 Å². The summed E-state index contributed by atoms with van der Waals surface area (Å²) in [5.74, 6) is -1.41. The molecule has 5 heteroatoms. The number of para-hydroxylation sites is 1. The van der Waals surface area contributed by atoms with Gasteiger partial charge in [0.05, 0.1) is 5.69 Å². The molecule has 0 spiro atoms. The summed E-state index contributed by atoms with van der Waals surface area (Å²) in [5, 5.41) is 8.87. The summed E-state index contributed by atoms with van der Waals surface area (Å²) < 4.78 is 14.0. The average Bonchev–Trinajstić information content (AvgIpc) is 2.54. The second-order valence-corrected chi connectivity index (χ2v) is 5.39. The molecule has 0 saturated carbocycles. The van der Waals surface area contributed by atoms with E-state index in [1.165, 1.54) is 11.0 Å². The highest BCUT2D eigenvalue weighted by Gasteiger charge is 2.13. The van der Waals surface area contributed by atoms with E-state index in [1.807, 2.05) is 30.3 Å². The summed E-state index contributed by atoms with van der Waals surface area (Å²) in [7, 11) is 1.57. The van der Waals surface area contributed by atoms with Gasteiger partial charge in [0.2, 0.25) is 0 Å². The van der Waals surface area contributed by atoms with Crippen molar-refractivity contribution in [3.63, 3.8) is 0 Å². The van der Waals surface area contributed by atoms with Crippen molar-refractivity contribution in [1.29, 1.82) is 0 Å². The fraction of sp³-hybridized carbons (Fsp3) is 0.278. The lowest BCUT2D eigenvalue weighted by atomic mass is 10.1. The first-order valence-electron chi connectivity index (χ1n) is 7.52. The quantitative estimate of drug-likeness (QED) is 0.850. The highest BCUT2D eigenvalue weighted by molar-refractivity contribution is 5.73. The number of hydrogen-bond acceptors (Lipinski definition) is 3. The van der Waals surface area contributed by atoms with Crippen LogP contribution in [0.3, 0.4) is 0 Å². The summed E-state index contributed by atoms with van der Waals surface area (Å²) in [4.78, 5) is 14.4. The van der Waals surface area contributed by atoms with E-state index in [1.54, 1.807) is 19.2 Å². The monoisotopic (exact) mass is 316 g/mol. The van der Waals surface area contributed by atoms with Gasteiger partial charge >= 0.3 is 5.97 Å². The molecule has 0 amide bonds. The van der Waals surface area contributed by atoms with Crippen LogP contribution in [0.25, 0.3) is 0 Å². The minimum absolute atomic E-state index is 0.240. The van der Waals surface area contributed by atoms with Crippen LogP contribution in [0.2, 0.25) is 0 Å². The number of halogens is 1. The largest absolute Gasteiger partial charge is 0.480 e. The van der Waals surface area contributed by atoms with Gasteiger partial charge in [-0.1, -0.05) is 24.3 Å². The molecule has 0 fully saturated rings. The molecular formula is C18H21FN2O2. The van der Waals surface area contributed by atoms with E-state index in [0.29, 0.717) is 12.2 Å². The van der Waals surface area contributed by atoms with Crippen LogP contribution < -0.4 is 9.80 Å². The zero-order valence-corrected chi connectivity index (χ0v) is 13.4. The van der Waals surface area contributed by atoms with Gasteiger partial charge in [-0.05, 0) is 36.8 Å². The molecule has 4 nitrogen and oxygen atoms in total. The molecule has 0 aliphatic heterocycles. The number of likely N-dealkylation sites (N-methyl/N-ethyl adjacent to an activating group) is 1. The second kappa shape index (κ2) is 7.63. The molecule has 0 aliphatic rings. The van der Waals surface area contributed by atoms with Gasteiger partial charge in [-0.15, -0.1) is 0 Å². The standard InChI is InChI=1S/C18H21FN2O2/c1-3-21(15-7-5-4-6-8-15)12-14-9-10-16(19)17(11-14)20(2)13-18(22)23/h4-11H,3,12-13H2,1-2H3,(H,22,23). The van der Waals surface area contributed by atoms with Gasteiger partial charge in [0, 0.05) is 25.8 Å². The van der Waals surface area contributed by atoms with Crippen molar-refractivity contribution in [2.24, 2.45) is 0 Å². The van der Waals surface area contributed by atoms with Crippen molar-refractivity contribution >= 4 is 17.3 Å².